The fourth-order valence-electron chi connectivity index (χ4n) is 1.99. The van der Waals surface area contributed by atoms with E-state index < -0.39 is 0 Å². The van der Waals surface area contributed by atoms with E-state index in [0.717, 1.165) is 39.5 Å². The van der Waals surface area contributed by atoms with Crippen LogP contribution in [0.4, 0.5) is 0 Å². The predicted octanol–water partition coefficient (Wildman–Crippen LogP) is 2.90. The predicted molar refractivity (Wildman–Crippen MR) is 78.3 cm³/mol. The summed E-state index contributed by atoms with van der Waals surface area (Å²) in [6.07, 6.45) is 1.97. The molecule has 0 fully saturated rings. The maximum absolute atomic E-state index is 11.6. The zero-order valence-corrected chi connectivity index (χ0v) is 11.8. The third-order valence-corrected chi connectivity index (χ3v) is 3.47. The minimum atomic E-state index is -0.0470. The van der Waals surface area contributed by atoms with Gasteiger partial charge in [-0.1, -0.05) is 28.7 Å². The molecule has 0 saturated heterocycles. The number of methoxy groups -OCH3 is 1. The number of benzene rings is 1. The maximum Gasteiger partial charge on any atom is 0.248 e. The number of hydrogen-bond donors (Lipinski definition) is 1. The number of fused-ring (bicyclic) bond motifs is 1. The maximum atomic E-state index is 11.6. The smallest absolute Gasteiger partial charge is 0.248 e. The molecule has 1 heterocycles. The van der Waals surface area contributed by atoms with Gasteiger partial charge in [-0.05, 0) is 35.0 Å². The van der Waals surface area contributed by atoms with Gasteiger partial charge in [-0.25, -0.2) is 0 Å². The van der Waals surface area contributed by atoms with Crippen LogP contribution >= 0.6 is 22.6 Å². The SMILES string of the molecule is COc1cccc2[nH]c(=O)cc(CCCI)c12. The molecule has 0 aliphatic carbocycles. The summed E-state index contributed by atoms with van der Waals surface area (Å²) in [7, 11) is 1.65. The van der Waals surface area contributed by atoms with Crippen molar-refractivity contribution in [1.82, 2.24) is 4.98 Å². The molecule has 0 aliphatic heterocycles. The van der Waals surface area contributed by atoms with Gasteiger partial charge < -0.3 is 9.72 Å². The second kappa shape index (κ2) is 5.53. The lowest BCUT2D eigenvalue weighted by molar-refractivity contribution is 0.419. The molecule has 3 nitrogen and oxygen atoms in total. The summed E-state index contributed by atoms with van der Waals surface area (Å²) in [5, 5.41) is 1.03. The molecule has 2 aromatic rings. The molecule has 2 rings (SSSR count). The minimum absolute atomic E-state index is 0.0470. The second-order valence-corrected chi connectivity index (χ2v) is 4.91. The van der Waals surface area contributed by atoms with Gasteiger partial charge in [-0.3, -0.25) is 4.79 Å². The van der Waals surface area contributed by atoms with Gasteiger partial charge in [-0.2, -0.15) is 0 Å². The summed E-state index contributed by atoms with van der Waals surface area (Å²) >= 11 is 2.35. The quantitative estimate of drug-likeness (QED) is 0.685. The van der Waals surface area contributed by atoms with Crippen LogP contribution in [0.3, 0.4) is 0 Å². The highest BCUT2D eigenvalue weighted by molar-refractivity contribution is 14.1. The first-order valence-electron chi connectivity index (χ1n) is 5.51. The van der Waals surface area contributed by atoms with Crippen molar-refractivity contribution in [2.45, 2.75) is 12.8 Å². The molecule has 0 saturated carbocycles. The first-order valence-corrected chi connectivity index (χ1v) is 7.03. The molecule has 0 aliphatic rings. The topological polar surface area (TPSA) is 42.1 Å². The summed E-state index contributed by atoms with van der Waals surface area (Å²) in [5.74, 6) is 0.821. The zero-order valence-electron chi connectivity index (χ0n) is 9.63. The van der Waals surface area contributed by atoms with Crippen LogP contribution in [0.2, 0.25) is 0 Å². The molecule has 90 valence electrons. The molecule has 0 spiro atoms. The van der Waals surface area contributed by atoms with E-state index in [4.69, 9.17) is 4.74 Å². The van der Waals surface area contributed by atoms with Crippen LogP contribution in [0.1, 0.15) is 12.0 Å². The monoisotopic (exact) mass is 343 g/mol. The molecule has 0 atom stereocenters. The van der Waals surface area contributed by atoms with E-state index in [-0.39, 0.29) is 5.56 Å². The van der Waals surface area contributed by atoms with Gasteiger partial charge in [0.25, 0.3) is 0 Å². The lowest BCUT2D eigenvalue weighted by atomic mass is 10.0. The third-order valence-electron chi connectivity index (χ3n) is 2.71. The highest BCUT2D eigenvalue weighted by Gasteiger charge is 2.08. The van der Waals surface area contributed by atoms with Crippen LogP contribution in [-0.4, -0.2) is 16.5 Å². The Morgan fingerprint density at radius 1 is 1.41 bits per heavy atom. The van der Waals surface area contributed by atoms with Crippen molar-refractivity contribution in [3.8, 4) is 5.75 Å². The number of aryl methyl sites for hydroxylation is 1. The summed E-state index contributed by atoms with van der Waals surface area (Å²) in [6, 6.07) is 7.40. The number of alkyl halides is 1. The summed E-state index contributed by atoms with van der Waals surface area (Å²) in [5.41, 5.74) is 1.87. The van der Waals surface area contributed by atoms with Gasteiger partial charge in [0.05, 0.1) is 12.6 Å². The Bertz CT molecular complexity index is 577. The van der Waals surface area contributed by atoms with Crippen molar-refractivity contribution in [1.29, 1.82) is 0 Å². The van der Waals surface area contributed by atoms with Crippen LogP contribution in [0, 0.1) is 0 Å². The van der Waals surface area contributed by atoms with Crippen LogP contribution in [-0.2, 0) is 6.42 Å². The normalized spacial score (nSPS) is 10.7. The molecular weight excluding hydrogens is 329 g/mol. The van der Waals surface area contributed by atoms with Crippen molar-refractivity contribution in [3.05, 3.63) is 40.2 Å². The molecule has 0 radical (unpaired) electrons. The Labute approximate surface area is 113 Å². The third kappa shape index (κ3) is 2.62. The van der Waals surface area contributed by atoms with Crippen molar-refractivity contribution in [2.75, 3.05) is 11.5 Å². The standard InChI is InChI=1S/C13H14INO2/c1-17-11-6-2-5-10-13(11)9(4-3-7-14)8-12(16)15-10/h2,5-6,8H,3-4,7H2,1H3,(H,15,16). The van der Waals surface area contributed by atoms with E-state index in [2.05, 4.69) is 27.6 Å². The Morgan fingerprint density at radius 2 is 2.24 bits per heavy atom. The zero-order chi connectivity index (χ0) is 12.3. The second-order valence-electron chi connectivity index (χ2n) is 3.83. The number of nitrogens with one attached hydrogen (secondary N) is 1. The minimum Gasteiger partial charge on any atom is -0.496 e. The molecule has 4 heteroatoms. The highest BCUT2D eigenvalue weighted by Crippen LogP contribution is 2.27. The first-order chi connectivity index (χ1) is 8.26. The number of pyridine rings is 1. The van der Waals surface area contributed by atoms with Crippen molar-refractivity contribution >= 4 is 33.5 Å². The summed E-state index contributed by atoms with van der Waals surface area (Å²) < 4.78 is 6.45. The Morgan fingerprint density at radius 3 is 2.94 bits per heavy atom. The van der Waals surface area contributed by atoms with Crippen LogP contribution in [0.5, 0.6) is 5.75 Å². The lowest BCUT2D eigenvalue weighted by Gasteiger charge is -2.09. The van der Waals surface area contributed by atoms with Gasteiger partial charge in [0.1, 0.15) is 5.75 Å². The molecule has 1 aromatic heterocycles. The Balaban J connectivity index is 2.66. The first kappa shape index (κ1) is 12.4. The average Bonchev–Trinajstić information content (AvgIpc) is 2.34. The number of halogens is 1. The molecule has 0 bridgehead atoms. The van der Waals surface area contributed by atoms with Gasteiger partial charge in [0.2, 0.25) is 5.56 Å². The Hall–Kier alpha value is -1.04. The van der Waals surface area contributed by atoms with Gasteiger partial charge in [0.15, 0.2) is 0 Å². The number of H-pyrrole nitrogens is 1. The molecule has 0 unspecified atom stereocenters. The average molecular weight is 343 g/mol. The van der Waals surface area contributed by atoms with Gasteiger partial charge in [-0.15, -0.1) is 0 Å². The lowest BCUT2D eigenvalue weighted by Crippen LogP contribution is -2.07. The van der Waals surface area contributed by atoms with E-state index >= 15 is 0 Å². The van der Waals surface area contributed by atoms with E-state index in [0.29, 0.717) is 0 Å². The van der Waals surface area contributed by atoms with Crippen LogP contribution < -0.4 is 10.3 Å². The van der Waals surface area contributed by atoms with Gasteiger partial charge in [0, 0.05) is 11.5 Å². The van der Waals surface area contributed by atoms with E-state index in [1.165, 1.54) is 0 Å². The Kier molecular flexibility index (Phi) is 4.04. The number of aromatic nitrogens is 1. The molecule has 17 heavy (non-hydrogen) atoms. The summed E-state index contributed by atoms with van der Waals surface area (Å²) in [6.45, 7) is 0. The fourth-order valence-corrected chi connectivity index (χ4v) is 2.37. The number of ether oxygens (including phenoxy) is 1. The van der Waals surface area contributed by atoms with E-state index in [1.54, 1.807) is 13.2 Å². The van der Waals surface area contributed by atoms with Crippen LogP contribution in [0.25, 0.3) is 10.9 Å². The molecular formula is C13H14INO2. The van der Waals surface area contributed by atoms with Crippen molar-refractivity contribution < 1.29 is 4.74 Å². The highest BCUT2D eigenvalue weighted by atomic mass is 127. The number of rotatable bonds is 4. The van der Waals surface area contributed by atoms with Crippen LogP contribution in [0.15, 0.2) is 29.1 Å². The number of aromatic amines is 1. The molecule has 1 aromatic carbocycles. The fraction of sp³-hybridized carbons (Fsp3) is 0.308. The summed E-state index contributed by atoms with van der Waals surface area (Å²) in [4.78, 5) is 14.4. The molecule has 1 N–H and O–H groups in total. The number of hydrogen-bond acceptors (Lipinski definition) is 2. The van der Waals surface area contributed by atoms with E-state index in [1.807, 2.05) is 18.2 Å². The van der Waals surface area contributed by atoms with Crippen molar-refractivity contribution in [2.24, 2.45) is 0 Å². The largest absolute Gasteiger partial charge is 0.496 e. The van der Waals surface area contributed by atoms with Gasteiger partial charge >= 0.3 is 0 Å². The molecule has 0 amide bonds. The van der Waals surface area contributed by atoms with E-state index in [9.17, 15) is 4.79 Å². The van der Waals surface area contributed by atoms with Crippen molar-refractivity contribution in [3.63, 3.8) is 0 Å².